The average Bonchev–Trinajstić information content (AvgIpc) is 2.46. The SMILES string of the molecule is CC(C)OC(=O)CN(C)C(=O)/C=C\Cc1cccc(CO)c1. The summed E-state index contributed by atoms with van der Waals surface area (Å²) in [4.78, 5) is 24.7. The minimum absolute atomic E-state index is 0.00279. The Balaban J connectivity index is 2.47. The van der Waals surface area contributed by atoms with Gasteiger partial charge in [0, 0.05) is 7.05 Å². The van der Waals surface area contributed by atoms with E-state index in [-0.39, 0.29) is 25.2 Å². The Bertz CT molecular complexity index is 537. The van der Waals surface area contributed by atoms with Crippen molar-refractivity contribution in [3.63, 3.8) is 0 Å². The van der Waals surface area contributed by atoms with Gasteiger partial charge in [0.05, 0.1) is 12.7 Å². The van der Waals surface area contributed by atoms with Crippen LogP contribution in [0.4, 0.5) is 0 Å². The highest BCUT2D eigenvalue weighted by atomic mass is 16.5. The van der Waals surface area contributed by atoms with E-state index >= 15 is 0 Å². The van der Waals surface area contributed by atoms with E-state index in [1.165, 1.54) is 11.0 Å². The van der Waals surface area contributed by atoms with Crippen LogP contribution in [0, 0.1) is 0 Å². The summed E-state index contributed by atoms with van der Waals surface area (Å²) in [5, 5.41) is 9.07. The highest BCUT2D eigenvalue weighted by Gasteiger charge is 2.12. The van der Waals surface area contributed by atoms with Crippen molar-refractivity contribution < 1.29 is 19.4 Å². The molecule has 1 aromatic rings. The van der Waals surface area contributed by atoms with Crippen LogP contribution >= 0.6 is 0 Å². The summed E-state index contributed by atoms with van der Waals surface area (Å²) in [6, 6.07) is 7.52. The Morgan fingerprint density at radius 3 is 2.64 bits per heavy atom. The number of esters is 1. The topological polar surface area (TPSA) is 66.8 Å². The number of likely N-dealkylation sites (N-methyl/N-ethyl adjacent to an activating group) is 1. The number of ether oxygens (including phenoxy) is 1. The lowest BCUT2D eigenvalue weighted by molar-refractivity contribution is -0.150. The maximum Gasteiger partial charge on any atom is 0.325 e. The fraction of sp³-hybridized carbons (Fsp3) is 0.412. The van der Waals surface area contributed by atoms with Crippen molar-refractivity contribution >= 4 is 11.9 Å². The zero-order valence-electron chi connectivity index (χ0n) is 13.3. The molecule has 1 amide bonds. The average molecular weight is 305 g/mol. The molecule has 0 heterocycles. The predicted octanol–water partition coefficient (Wildman–Crippen LogP) is 1.69. The van der Waals surface area contributed by atoms with E-state index in [4.69, 9.17) is 9.84 Å². The van der Waals surface area contributed by atoms with Crippen LogP contribution in [0.1, 0.15) is 25.0 Å². The van der Waals surface area contributed by atoms with E-state index in [2.05, 4.69) is 0 Å². The number of nitrogens with zero attached hydrogens (tertiary/aromatic N) is 1. The van der Waals surface area contributed by atoms with E-state index < -0.39 is 5.97 Å². The van der Waals surface area contributed by atoms with Crippen LogP contribution in [-0.4, -0.2) is 41.6 Å². The summed E-state index contributed by atoms with van der Waals surface area (Å²) < 4.78 is 4.99. The molecule has 0 fully saturated rings. The van der Waals surface area contributed by atoms with Crippen LogP contribution in [0.3, 0.4) is 0 Å². The number of carbonyl (C=O) groups excluding carboxylic acids is 2. The molecule has 1 rings (SSSR count). The number of hydrogen-bond donors (Lipinski definition) is 1. The van der Waals surface area contributed by atoms with Gasteiger partial charge in [0.25, 0.3) is 0 Å². The number of aliphatic hydroxyl groups is 1. The fourth-order valence-electron chi connectivity index (χ4n) is 1.85. The van der Waals surface area contributed by atoms with Crippen molar-refractivity contribution in [1.82, 2.24) is 4.90 Å². The number of rotatable bonds is 7. The first-order valence-electron chi connectivity index (χ1n) is 7.22. The van der Waals surface area contributed by atoms with Gasteiger partial charge < -0.3 is 14.7 Å². The van der Waals surface area contributed by atoms with Crippen molar-refractivity contribution in [3.8, 4) is 0 Å². The second-order valence-corrected chi connectivity index (χ2v) is 5.32. The molecule has 0 radical (unpaired) electrons. The lowest BCUT2D eigenvalue weighted by Crippen LogP contribution is -2.32. The van der Waals surface area contributed by atoms with Gasteiger partial charge in [0.15, 0.2) is 0 Å². The molecule has 120 valence electrons. The molecular weight excluding hydrogens is 282 g/mol. The third kappa shape index (κ3) is 6.54. The minimum atomic E-state index is -0.421. The standard InChI is InChI=1S/C17H23NO4/c1-13(2)22-17(21)11-18(3)16(20)9-5-7-14-6-4-8-15(10-14)12-19/h4-6,8-10,13,19H,7,11-12H2,1-3H3/b9-5-. The second kappa shape index (κ2) is 9.00. The van der Waals surface area contributed by atoms with Gasteiger partial charge >= 0.3 is 5.97 Å². The molecule has 0 spiro atoms. The van der Waals surface area contributed by atoms with E-state index in [9.17, 15) is 9.59 Å². The molecule has 0 aliphatic heterocycles. The number of amides is 1. The lowest BCUT2D eigenvalue weighted by Gasteiger charge is -2.15. The quantitative estimate of drug-likeness (QED) is 0.615. The van der Waals surface area contributed by atoms with Gasteiger partial charge in [0.2, 0.25) is 5.91 Å². The molecule has 0 aliphatic rings. The molecule has 5 nitrogen and oxygen atoms in total. The van der Waals surface area contributed by atoms with Crippen molar-refractivity contribution in [2.75, 3.05) is 13.6 Å². The molecule has 5 heteroatoms. The summed E-state index contributed by atoms with van der Waals surface area (Å²) in [5.41, 5.74) is 1.85. The van der Waals surface area contributed by atoms with Gasteiger partial charge in [-0.15, -0.1) is 0 Å². The van der Waals surface area contributed by atoms with Crippen LogP contribution in [0.2, 0.25) is 0 Å². The predicted molar refractivity (Wildman–Crippen MR) is 84.1 cm³/mol. The first-order chi connectivity index (χ1) is 10.4. The summed E-state index contributed by atoms with van der Waals surface area (Å²) in [7, 11) is 1.56. The molecule has 0 unspecified atom stereocenters. The van der Waals surface area contributed by atoms with E-state index in [1.54, 1.807) is 27.0 Å². The molecule has 0 aromatic heterocycles. The van der Waals surface area contributed by atoms with Gasteiger partial charge in [-0.2, -0.15) is 0 Å². The van der Waals surface area contributed by atoms with Crippen LogP contribution < -0.4 is 0 Å². The Kier molecular flexibility index (Phi) is 7.32. The Hall–Kier alpha value is -2.14. The van der Waals surface area contributed by atoms with Crippen LogP contribution in [0.15, 0.2) is 36.4 Å². The third-order valence-corrected chi connectivity index (χ3v) is 2.90. The van der Waals surface area contributed by atoms with Gasteiger partial charge in [-0.25, -0.2) is 0 Å². The number of aliphatic hydroxyl groups excluding tert-OH is 1. The zero-order chi connectivity index (χ0) is 16.5. The largest absolute Gasteiger partial charge is 0.462 e. The van der Waals surface area contributed by atoms with Crippen LogP contribution in [0.25, 0.3) is 0 Å². The number of benzene rings is 1. The van der Waals surface area contributed by atoms with E-state index in [0.717, 1.165) is 11.1 Å². The van der Waals surface area contributed by atoms with Crippen molar-refractivity contribution in [2.45, 2.75) is 33.0 Å². The van der Waals surface area contributed by atoms with Crippen molar-refractivity contribution in [1.29, 1.82) is 0 Å². The summed E-state index contributed by atoms with van der Waals surface area (Å²) >= 11 is 0. The van der Waals surface area contributed by atoms with E-state index in [0.29, 0.717) is 6.42 Å². The van der Waals surface area contributed by atoms with Gasteiger partial charge in [-0.05, 0) is 37.5 Å². The van der Waals surface area contributed by atoms with Crippen molar-refractivity contribution in [3.05, 3.63) is 47.5 Å². The molecule has 0 atom stereocenters. The molecule has 1 aromatic carbocycles. The van der Waals surface area contributed by atoms with Crippen molar-refractivity contribution in [2.24, 2.45) is 0 Å². The Morgan fingerprint density at radius 1 is 1.32 bits per heavy atom. The fourth-order valence-corrected chi connectivity index (χ4v) is 1.85. The molecule has 0 bridgehead atoms. The van der Waals surface area contributed by atoms with Crippen LogP contribution in [0.5, 0.6) is 0 Å². The minimum Gasteiger partial charge on any atom is -0.462 e. The summed E-state index contributed by atoms with van der Waals surface area (Å²) in [6.45, 7) is 3.46. The Morgan fingerprint density at radius 2 is 2.00 bits per heavy atom. The van der Waals surface area contributed by atoms with Gasteiger partial charge in [0.1, 0.15) is 6.54 Å². The molecular formula is C17H23NO4. The highest BCUT2D eigenvalue weighted by molar-refractivity contribution is 5.90. The normalized spacial score (nSPS) is 11.0. The second-order valence-electron chi connectivity index (χ2n) is 5.32. The summed E-state index contributed by atoms with van der Waals surface area (Å²) in [5.74, 6) is -0.672. The maximum atomic E-state index is 11.9. The van der Waals surface area contributed by atoms with E-state index in [1.807, 2.05) is 24.3 Å². The van der Waals surface area contributed by atoms with Gasteiger partial charge in [-0.1, -0.05) is 30.3 Å². The van der Waals surface area contributed by atoms with Gasteiger partial charge in [-0.3, -0.25) is 9.59 Å². The summed E-state index contributed by atoms with van der Waals surface area (Å²) in [6.07, 6.45) is 3.58. The molecule has 0 aliphatic carbocycles. The molecule has 0 saturated carbocycles. The first kappa shape index (κ1) is 17.9. The smallest absolute Gasteiger partial charge is 0.325 e. The zero-order valence-corrected chi connectivity index (χ0v) is 13.3. The molecule has 0 saturated heterocycles. The lowest BCUT2D eigenvalue weighted by atomic mass is 10.1. The highest BCUT2D eigenvalue weighted by Crippen LogP contribution is 2.06. The Labute approximate surface area is 131 Å². The number of carbonyl (C=O) groups is 2. The number of hydrogen-bond acceptors (Lipinski definition) is 4. The number of allylic oxidation sites excluding steroid dienone is 1. The molecule has 1 N–H and O–H groups in total. The first-order valence-corrected chi connectivity index (χ1v) is 7.22. The monoisotopic (exact) mass is 305 g/mol. The molecule has 22 heavy (non-hydrogen) atoms. The van der Waals surface area contributed by atoms with Crippen LogP contribution in [-0.2, 0) is 27.4 Å². The maximum absolute atomic E-state index is 11.9. The third-order valence-electron chi connectivity index (χ3n) is 2.90.